The first-order valence-corrected chi connectivity index (χ1v) is 11.4. The molecule has 0 spiro atoms. The minimum absolute atomic E-state index is 0.0963. The average molecular weight is 522 g/mol. The first-order chi connectivity index (χ1) is 17.4. The Kier molecular flexibility index (Phi) is 9.19. The van der Waals surface area contributed by atoms with Crippen molar-refractivity contribution in [3.8, 4) is 29.4 Å². The van der Waals surface area contributed by atoms with Crippen LogP contribution in [0.2, 0.25) is 10.0 Å². The zero-order valence-electron chi connectivity index (χ0n) is 19.5. The molecule has 9 heteroatoms. The van der Waals surface area contributed by atoms with Crippen LogP contribution in [0.4, 0.5) is 0 Å². The molecule has 0 bridgehead atoms. The molecule has 3 aromatic carbocycles. The Morgan fingerprint density at radius 2 is 1.72 bits per heavy atom. The van der Waals surface area contributed by atoms with E-state index in [9.17, 15) is 15.3 Å². The number of carbonyl (C=O) groups excluding carboxylic acids is 1. The molecule has 1 N–H and O–H groups in total. The molecular weight excluding hydrogens is 501 g/mol. The van der Waals surface area contributed by atoms with Crippen LogP contribution in [0, 0.1) is 22.7 Å². The highest BCUT2D eigenvalue weighted by Gasteiger charge is 2.14. The molecule has 0 unspecified atom stereocenters. The first-order valence-electron chi connectivity index (χ1n) is 10.6. The number of amides is 1. The lowest BCUT2D eigenvalue weighted by atomic mass is 10.1. The normalized spacial score (nSPS) is 10.7. The summed E-state index contributed by atoms with van der Waals surface area (Å²) in [5.41, 5.74) is 2.21. The van der Waals surface area contributed by atoms with Gasteiger partial charge < -0.3 is 19.5 Å². The summed E-state index contributed by atoms with van der Waals surface area (Å²) in [6, 6.07) is 19.3. The highest BCUT2D eigenvalue weighted by atomic mass is 35.5. The topological polar surface area (TPSA) is 104 Å². The maximum absolute atomic E-state index is 12.6. The van der Waals surface area contributed by atoms with Crippen molar-refractivity contribution < 1.29 is 19.0 Å². The number of nitrogens with one attached hydrogen (secondary N) is 1. The van der Waals surface area contributed by atoms with Crippen molar-refractivity contribution >= 4 is 35.2 Å². The van der Waals surface area contributed by atoms with E-state index in [1.807, 2.05) is 6.07 Å². The molecule has 0 saturated heterocycles. The summed E-state index contributed by atoms with van der Waals surface area (Å²) >= 11 is 12.7. The van der Waals surface area contributed by atoms with Gasteiger partial charge in [-0.15, -0.1) is 0 Å². The van der Waals surface area contributed by atoms with Gasteiger partial charge in [-0.05, 0) is 42.0 Å². The average Bonchev–Trinajstić information content (AvgIpc) is 2.89. The molecule has 0 aliphatic rings. The molecule has 0 atom stereocenters. The predicted octanol–water partition coefficient (Wildman–Crippen LogP) is 5.68. The van der Waals surface area contributed by atoms with Crippen LogP contribution in [0.1, 0.15) is 22.3 Å². The number of benzene rings is 3. The van der Waals surface area contributed by atoms with E-state index in [0.29, 0.717) is 28.2 Å². The fourth-order valence-electron chi connectivity index (χ4n) is 3.29. The van der Waals surface area contributed by atoms with Gasteiger partial charge in [-0.25, -0.2) is 0 Å². The van der Waals surface area contributed by atoms with Crippen LogP contribution >= 0.6 is 23.2 Å². The number of nitrogens with zero attached hydrogens (tertiary/aromatic N) is 2. The molecular formula is C27H21Cl2N3O4. The SMILES string of the molecule is COc1ccc(CNC(=O)/C(C#N)=C/c2cc(Cl)c(OCc3ccccc3C#N)c(Cl)c2)c(OC)c1. The largest absolute Gasteiger partial charge is 0.497 e. The van der Waals surface area contributed by atoms with Crippen LogP contribution in [-0.4, -0.2) is 20.1 Å². The van der Waals surface area contributed by atoms with Gasteiger partial charge in [0, 0.05) is 23.7 Å². The number of ether oxygens (including phenoxy) is 3. The van der Waals surface area contributed by atoms with E-state index in [1.165, 1.54) is 25.3 Å². The minimum Gasteiger partial charge on any atom is -0.497 e. The Morgan fingerprint density at radius 1 is 1.00 bits per heavy atom. The number of hydrogen-bond donors (Lipinski definition) is 1. The Morgan fingerprint density at radius 3 is 2.36 bits per heavy atom. The molecule has 0 radical (unpaired) electrons. The van der Waals surface area contributed by atoms with Gasteiger partial charge in [0.1, 0.15) is 29.7 Å². The van der Waals surface area contributed by atoms with E-state index >= 15 is 0 Å². The van der Waals surface area contributed by atoms with Crippen LogP contribution in [0.5, 0.6) is 17.2 Å². The second-order valence-electron chi connectivity index (χ2n) is 7.40. The molecule has 182 valence electrons. The lowest BCUT2D eigenvalue weighted by molar-refractivity contribution is -0.117. The van der Waals surface area contributed by atoms with Crippen LogP contribution in [0.3, 0.4) is 0 Å². The third-order valence-electron chi connectivity index (χ3n) is 5.14. The van der Waals surface area contributed by atoms with E-state index in [4.69, 9.17) is 37.4 Å². The van der Waals surface area contributed by atoms with Crippen LogP contribution in [-0.2, 0) is 17.9 Å². The van der Waals surface area contributed by atoms with Crippen LogP contribution in [0.25, 0.3) is 6.08 Å². The first kappa shape index (κ1) is 26.4. The summed E-state index contributed by atoms with van der Waals surface area (Å²) in [6.07, 6.45) is 1.38. The standard InChI is InChI=1S/C27H21Cl2N3O4/c1-34-22-8-7-19(25(12-22)35-2)15-32-27(33)21(14-31)9-17-10-23(28)26(24(29)11-17)36-16-20-6-4-3-5-18(20)13-30/h3-12H,15-16H2,1-2H3,(H,32,33)/b21-9+. The highest BCUT2D eigenvalue weighted by molar-refractivity contribution is 6.37. The van der Waals surface area contributed by atoms with Crippen LogP contribution < -0.4 is 19.5 Å². The van der Waals surface area contributed by atoms with Gasteiger partial charge in [-0.2, -0.15) is 10.5 Å². The number of nitriles is 2. The van der Waals surface area contributed by atoms with E-state index < -0.39 is 5.91 Å². The van der Waals surface area contributed by atoms with E-state index in [1.54, 1.807) is 49.6 Å². The third kappa shape index (κ3) is 6.49. The lowest BCUT2D eigenvalue weighted by Crippen LogP contribution is -2.24. The maximum atomic E-state index is 12.6. The maximum Gasteiger partial charge on any atom is 0.262 e. The van der Waals surface area contributed by atoms with E-state index in [2.05, 4.69) is 11.4 Å². The second kappa shape index (κ2) is 12.5. The Balaban J connectivity index is 1.74. The Bertz CT molecular complexity index is 1370. The van der Waals surface area contributed by atoms with Crippen molar-refractivity contribution in [2.24, 2.45) is 0 Å². The van der Waals surface area contributed by atoms with E-state index in [0.717, 1.165) is 5.56 Å². The molecule has 0 aliphatic carbocycles. The Labute approximate surface area is 219 Å². The van der Waals surface area contributed by atoms with E-state index in [-0.39, 0.29) is 34.5 Å². The van der Waals surface area contributed by atoms with Crippen molar-refractivity contribution in [1.82, 2.24) is 5.32 Å². The fourth-order valence-corrected chi connectivity index (χ4v) is 3.90. The molecule has 0 heterocycles. The Hall–Kier alpha value is -4.17. The number of rotatable bonds is 9. The fraction of sp³-hybridized carbons (Fsp3) is 0.148. The number of hydrogen-bond acceptors (Lipinski definition) is 6. The summed E-state index contributed by atoms with van der Waals surface area (Å²) in [4.78, 5) is 12.6. The van der Waals surface area contributed by atoms with Gasteiger partial charge in [0.2, 0.25) is 0 Å². The quantitative estimate of drug-likeness (QED) is 0.286. The van der Waals surface area contributed by atoms with Gasteiger partial charge in [-0.3, -0.25) is 4.79 Å². The van der Waals surface area contributed by atoms with Crippen molar-refractivity contribution in [3.05, 3.63) is 92.5 Å². The van der Waals surface area contributed by atoms with Crippen LogP contribution in [0.15, 0.2) is 60.2 Å². The van der Waals surface area contributed by atoms with Gasteiger partial charge in [0.25, 0.3) is 5.91 Å². The summed E-state index contributed by atoms with van der Waals surface area (Å²) in [6.45, 7) is 0.239. The molecule has 0 fully saturated rings. The predicted molar refractivity (Wildman–Crippen MR) is 137 cm³/mol. The lowest BCUT2D eigenvalue weighted by Gasteiger charge is -2.12. The molecule has 0 aliphatic heterocycles. The summed E-state index contributed by atoms with van der Waals surface area (Å²) in [5, 5.41) is 21.9. The molecule has 3 aromatic rings. The molecule has 36 heavy (non-hydrogen) atoms. The number of methoxy groups -OCH3 is 2. The van der Waals surface area contributed by atoms with Gasteiger partial charge in [0.05, 0.1) is 35.9 Å². The smallest absolute Gasteiger partial charge is 0.262 e. The molecule has 1 amide bonds. The summed E-state index contributed by atoms with van der Waals surface area (Å²) < 4.78 is 16.3. The molecule has 3 rings (SSSR count). The third-order valence-corrected chi connectivity index (χ3v) is 5.70. The highest BCUT2D eigenvalue weighted by Crippen LogP contribution is 2.35. The molecule has 0 aromatic heterocycles. The van der Waals surface area contributed by atoms with Gasteiger partial charge in [-0.1, -0.05) is 41.4 Å². The molecule has 7 nitrogen and oxygen atoms in total. The zero-order valence-corrected chi connectivity index (χ0v) is 21.0. The van der Waals surface area contributed by atoms with Crippen molar-refractivity contribution in [2.45, 2.75) is 13.2 Å². The summed E-state index contributed by atoms with van der Waals surface area (Å²) in [7, 11) is 3.06. The van der Waals surface area contributed by atoms with Gasteiger partial charge >= 0.3 is 0 Å². The van der Waals surface area contributed by atoms with Crippen molar-refractivity contribution in [3.63, 3.8) is 0 Å². The minimum atomic E-state index is -0.573. The van der Waals surface area contributed by atoms with Crippen molar-refractivity contribution in [1.29, 1.82) is 10.5 Å². The number of carbonyl (C=O) groups is 1. The van der Waals surface area contributed by atoms with Gasteiger partial charge in [0.15, 0.2) is 5.75 Å². The van der Waals surface area contributed by atoms with Crippen molar-refractivity contribution in [2.75, 3.05) is 14.2 Å². The summed E-state index contributed by atoms with van der Waals surface area (Å²) in [5.74, 6) is 0.826. The number of halogens is 2. The second-order valence-corrected chi connectivity index (χ2v) is 8.22. The molecule has 0 saturated carbocycles. The monoisotopic (exact) mass is 521 g/mol. The zero-order chi connectivity index (χ0) is 26.1.